The molecule has 1 fully saturated rings. The third-order valence-electron chi connectivity index (χ3n) is 4.97. The van der Waals surface area contributed by atoms with Gasteiger partial charge in [-0.2, -0.15) is 8.42 Å². The molecule has 0 spiro atoms. The number of carbonyl (C=O) groups is 1. The van der Waals surface area contributed by atoms with Gasteiger partial charge in [0.1, 0.15) is 5.84 Å². The molecule has 1 aliphatic heterocycles. The van der Waals surface area contributed by atoms with E-state index in [1.807, 2.05) is 11.8 Å². The van der Waals surface area contributed by atoms with Gasteiger partial charge in [0.15, 0.2) is 0 Å². The molecular formula is C22H25ClN2O4S. The number of amidine groups is 1. The Morgan fingerprint density at radius 2 is 1.83 bits per heavy atom. The van der Waals surface area contributed by atoms with Crippen molar-refractivity contribution in [1.29, 1.82) is 0 Å². The first kappa shape index (κ1) is 22.3. The van der Waals surface area contributed by atoms with Gasteiger partial charge in [0, 0.05) is 23.7 Å². The molecule has 1 heterocycles. The second kappa shape index (κ2) is 9.62. The number of nitrogens with zero attached hydrogens (tertiary/aromatic N) is 2. The van der Waals surface area contributed by atoms with Crippen molar-refractivity contribution in [2.75, 3.05) is 19.7 Å². The highest BCUT2D eigenvalue weighted by Crippen LogP contribution is 2.23. The highest BCUT2D eigenvalue weighted by molar-refractivity contribution is 7.90. The number of hydrogen-bond acceptors (Lipinski definition) is 4. The van der Waals surface area contributed by atoms with Gasteiger partial charge >= 0.3 is 5.97 Å². The summed E-state index contributed by atoms with van der Waals surface area (Å²) in [5.41, 5.74) is 1.59. The molecular weight excluding hydrogens is 424 g/mol. The predicted octanol–water partition coefficient (Wildman–Crippen LogP) is 4.06. The summed E-state index contributed by atoms with van der Waals surface area (Å²) in [6.45, 7) is 4.93. The van der Waals surface area contributed by atoms with Crippen LogP contribution in [0.4, 0.5) is 0 Å². The van der Waals surface area contributed by atoms with Crippen molar-refractivity contribution in [1.82, 2.24) is 4.90 Å². The van der Waals surface area contributed by atoms with Crippen molar-refractivity contribution in [3.8, 4) is 0 Å². The van der Waals surface area contributed by atoms with E-state index < -0.39 is 10.0 Å². The first-order valence-corrected chi connectivity index (χ1v) is 11.7. The average Bonchev–Trinajstić information content (AvgIpc) is 2.73. The number of sulfonamides is 1. The molecule has 1 saturated heterocycles. The zero-order chi connectivity index (χ0) is 21.7. The van der Waals surface area contributed by atoms with Crippen LogP contribution in [-0.2, 0) is 19.6 Å². The number of ether oxygens (including phenoxy) is 1. The van der Waals surface area contributed by atoms with Crippen LogP contribution in [0, 0.1) is 12.8 Å². The zero-order valence-electron chi connectivity index (χ0n) is 17.0. The number of esters is 1. The lowest BCUT2D eigenvalue weighted by Crippen LogP contribution is -2.43. The molecule has 0 N–H and O–H groups in total. The van der Waals surface area contributed by atoms with Crippen LogP contribution in [0.1, 0.15) is 30.9 Å². The number of benzene rings is 2. The molecule has 2 aromatic carbocycles. The maximum absolute atomic E-state index is 13.0. The molecule has 1 aliphatic rings. The van der Waals surface area contributed by atoms with Crippen molar-refractivity contribution in [2.24, 2.45) is 10.3 Å². The zero-order valence-corrected chi connectivity index (χ0v) is 18.6. The molecule has 30 heavy (non-hydrogen) atoms. The van der Waals surface area contributed by atoms with Gasteiger partial charge in [-0.05, 0) is 63.1 Å². The van der Waals surface area contributed by atoms with E-state index in [9.17, 15) is 13.2 Å². The summed E-state index contributed by atoms with van der Waals surface area (Å²) in [5.74, 6) is -0.279. The van der Waals surface area contributed by atoms with Gasteiger partial charge in [-0.25, -0.2) is 0 Å². The molecule has 0 radical (unpaired) electrons. The molecule has 0 aliphatic carbocycles. The Bertz CT molecular complexity index is 1020. The molecule has 2 aromatic rings. The van der Waals surface area contributed by atoms with Crippen LogP contribution >= 0.6 is 11.6 Å². The molecule has 8 heteroatoms. The fourth-order valence-corrected chi connectivity index (χ4v) is 4.55. The number of piperidine rings is 1. The van der Waals surface area contributed by atoms with Gasteiger partial charge in [-0.3, -0.25) is 4.79 Å². The Morgan fingerprint density at radius 3 is 2.47 bits per heavy atom. The summed E-state index contributed by atoms with van der Waals surface area (Å²) in [4.78, 5) is 14.2. The van der Waals surface area contributed by atoms with E-state index >= 15 is 0 Å². The fraction of sp³-hybridized carbons (Fsp3) is 0.364. The highest BCUT2D eigenvalue weighted by atomic mass is 35.5. The lowest BCUT2D eigenvalue weighted by molar-refractivity contribution is -0.149. The topological polar surface area (TPSA) is 76.0 Å². The van der Waals surface area contributed by atoms with E-state index in [-0.39, 0.29) is 16.8 Å². The van der Waals surface area contributed by atoms with Gasteiger partial charge in [-0.15, -0.1) is 4.40 Å². The Kier molecular flexibility index (Phi) is 7.15. The highest BCUT2D eigenvalue weighted by Gasteiger charge is 2.30. The van der Waals surface area contributed by atoms with Crippen molar-refractivity contribution in [2.45, 2.75) is 31.6 Å². The van der Waals surface area contributed by atoms with Crippen LogP contribution in [0.2, 0.25) is 5.02 Å². The number of carbonyl (C=O) groups excluding carboxylic acids is 1. The number of likely N-dealkylation sites (tertiary alicyclic amines) is 1. The summed E-state index contributed by atoms with van der Waals surface area (Å²) in [5, 5.41) is 0.544. The largest absolute Gasteiger partial charge is 0.466 e. The Balaban J connectivity index is 2.00. The first-order chi connectivity index (χ1) is 14.3. The molecule has 3 rings (SSSR count). The summed E-state index contributed by atoms with van der Waals surface area (Å²) in [6.07, 6.45) is 1.44. The van der Waals surface area contributed by atoms with Crippen molar-refractivity contribution in [3.05, 3.63) is 64.7 Å². The van der Waals surface area contributed by atoms with Gasteiger partial charge in [0.05, 0.1) is 17.4 Å². The average molecular weight is 449 g/mol. The summed E-state index contributed by atoms with van der Waals surface area (Å²) in [6, 6.07) is 13.4. The maximum atomic E-state index is 13.0. The number of halogens is 1. The van der Waals surface area contributed by atoms with Gasteiger partial charge in [0.2, 0.25) is 0 Å². The fourth-order valence-electron chi connectivity index (χ4n) is 3.39. The number of hydrogen-bond donors (Lipinski definition) is 0. The predicted molar refractivity (Wildman–Crippen MR) is 117 cm³/mol. The van der Waals surface area contributed by atoms with Crippen molar-refractivity contribution < 1.29 is 17.9 Å². The Labute approximate surface area is 182 Å². The van der Waals surface area contributed by atoms with Crippen LogP contribution in [0.5, 0.6) is 0 Å². The minimum atomic E-state index is -3.93. The Morgan fingerprint density at radius 1 is 1.17 bits per heavy atom. The van der Waals surface area contributed by atoms with E-state index in [4.69, 9.17) is 16.3 Å². The van der Waals surface area contributed by atoms with E-state index in [0.717, 1.165) is 12.0 Å². The molecule has 0 amide bonds. The molecule has 1 atom stereocenters. The summed E-state index contributed by atoms with van der Waals surface area (Å²) >= 11 is 6.01. The molecule has 0 unspecified atom stereocenters. The van der Waals surface area contributed by atoms with Gasteiger partial charge in [-0.1, -0.05) is 29.3 Å². The van der Waals surface area contributed by atoms with Gasteiger partial charge in [0.25, 0.3) is 10.0 Å². The van der Waals surface area contributed by atoms with Crippen LogP contribution in [-0.4, -0.2) is 44.8 Å². The second-order valence-corrected chi connectivity index (χ2v) is 9.29. The maximum Gasteiger partial charge on any atom is 0.310 e. The van der Waals surface area contributed by atoms with Crippen molar-refractivity contribution >= 4 is 33.4 Å². The van der Waals surface area contributed by atoms with E-state index in [0.29, 0.717) is 42.5 Å². The lowest BCUT2D eigenvalue weighted by atomic mass is 9.97. The van der Waals surface area contributed by atoms with Crippen LogP contribution < -0.4 is 0 Å². The third kappa shape index (κ3) is 5.40. The summed E-state index contributed by atoms with van der Waals surface area (Å²) < 4.78 is 35.4. The van der Waals surface area contributed by atoms with Crippen LogP contribution in [0.25, 0.3) is 0 Å². The molecule has 160 valence electrons. The number of aryl methyl sites for hydroxylation is 1. The monoisotopic (exact) mass is 448 g/mol. The molecule has 6 nitrogen and oxygen atoms in total. The van der Waals surface area contributed by atoms with E-state index in [1.165, 1.54) is 0 Å². The SMILES string of the molecule is CCOC(=O)[C@@H]1CCCN(C(=NS(=O)(=O)c2ccc(C)cc2)c2ccc(Cl)cc2)C1. The second-order valence-electron chi connectivity index (χ2n) is 7.25. The van der Waals surface area contributed by atoms with Crippen molar-refractivity contribution in [3.63, 3.8) is 0 Å². The smallest absolute Gasteiger partial charge is 0.310 e. The van der Waals surface area contributed by atoms with Crippen LogP contribution in [0.15, 0.2) is 57.8 Å². The Hall–Kier alpha value is -2.38. The van der Waals surface area contributed by atoms with E-state index in [1.54, 1.807) is 55.5 Å². The standard InChI is InChI=1S/C22H25ClN2O4S/c1-3-29-22(26)18-5-4-14-25(15-18)21(17-8-10-19(23)11-9-17)24-30(27,28)20-12-6-16(2)7-13-20/h6-13,18H,3-5,14-15H2,1-2H3/t18-/m1/s1. The minimum Gasteiger partial charge on any atom is -0.466 e. The molecule has 0 saturated carbocycles. The minimum absolute atomic E-state index is 0.124. The van der Waals surface area contributed by atoms with Gasteiger partial charge < -0.3 is 9.64 Å². The molecule has 0 aromatic heterocycles. The normalized spacial score (nSPS) is 17.6. The quantitative estimate of drug-likeness (QED) is 0.391. The molecule has 0 bridgehead atoms. The first-order valence-electron chi connectivity index (χ1n) is 9.89. The summed E-state index contributed by atoms with van der Waals surface area (Å²) in [7, 11) is -3.93. The third-order valence-corrected chi connectivity index (χ3v) is 6.50. The number of rotatable bonds is 5. The lowest BCUT2D eigenvalue weighted by Gasteiger charge is -2.33. The van der Waals surface area contributed by atoms with Crippen LogP contribution in [0.3, 0.4) is 0 Å². The van der Waals surface area contributed by atoms with E-state index in [2.05, 4.69) is 4.40 Å².